The first-order valence-corrected chi connectivity index (χ1v) is 6.48. The van der Waals surface area contributed by atoms with Gasteiger partial charge in [0.1, 0.15) is 6.61 Å². The van der Waals surface area contributed by atoms with E-state index in [2.05, 4.69) is 33.1 Å². The smallest absolute Gasteiger partial charge is 0.407 e. The number of carbonyl (C=O) groups excluding carboxylic acids is 2. The van der Waals surface area contributed by atoms with E-state index in [-0.39, 0.29) is 12.5 Å². The molecule has 0 radical (unpaired) electrons. The van der Waals surface area contributed by atoms with Gasteiger partial charge in [0.15, 0.2) is 0 Å². The minimum Gasteiger partial charge on any atom is -0.445 e. The highest BCUT2D eigenvalue weighted by molar-refractivity contribution is 9.10. The zero-order valence-corrected chi connectivity index (χ0v) is 11.9. The molecule has 0 saturated heterocycles. The number of nitrogens with one attached hydrogen (secondary N) is 2. The summed E-state index contributed by atoms with van der Waals surface area (Å²) in [4.78, 5) is 22.7. The Balaban J connectivity index is 2.22. The maximum absolute atomic E-state index is 11.7. The summed E-state index contributed by atoms with van der Waals surface area (Å²) in [7, 11) is 0. The summed E-state index contributed by atoms with van der Waals surface area (Å²) in [5, 5.41) is 5.19. The molecule has 1 aromatic carbocycles. The van der Waals surface area contributed by atoms with Gasteiger partial charge in [0, 0.05) is 23.1 Å². The molecular weight excluding hydrogens is 312 g/mol. The van der Waals surface area contributed by atoms with Crippen LogP contribution in [0.15, 0.2) is 41.4 Å². The molecule has 0 spiro atoms. The molecule has 0 fully saturated rings. The van der Waals surface area contributed by atoms with Crippen molar-refractivity contribution in [1.82, 2.24) is 10.6 Å². The number of benzene rings is 1. The Morgan fingerprint density at radius 2 is 1.84 bits per heavy atom. The standard InChI is InChI=1S/C13H15BrN2O3/c1-2-9-19-13(18)16-8-7-15-12(17)10-3-5-11(14)6-4-10/h2-6H,1,7-9H2,(H,15,17)(H,16,18). The van der Waals surface area contributed by atoms with E-state index in [0.717, 1.165) is 4.47 Å². The van der Waals surface area contributed by atoms with Crippen LogP contribution in [0.1, 0.15) is 10.4 Å². The van der Waals surface area contributed by atoms with Crippen molar-refractivity contribution >= 4 is 27.9 Å². The molecule has 102 valence electrons. The molecule has 0 bridgehead atoms. The molecule has 6 heteroatoms. The van der Waals surface area contributed by atoms with Crippen LogP contribution >= 0.6 is 15.9 Å². The molecule has 2 amide bonds. The quantitative estimate of drug-likeness (QED) is 0.621. The van der Waals surface area contributed by atoms with Gasteiger partial charge in [0.2, 0.25) is 0 Å². The second kappa shape index (κ2) is 8.31. The Bertz CT molecular complexity index is 446. The van der Waals surface area contributed by atoms with E-state index in [1.54, 1.807) is 24.3 Å². The van der Waals surface area contributed by atoms with Crippen LogP contribution in [0.2, 0.25) is 0 Å². The fourth-order valence-corrected chi connectivity index (χ4v) is 1.49. The molecule has 0 aliphatic heterocycles. The first-order chi connectivity index (χ1) is 9.13. The molecule has 0 unspecified atom stereocenters. The Kier molecular flexibility index (Phi) is 6.67. The minimum atomic E-state index is -0.530. The second-order valence-electron chi connectivity index (χ2n) is 3.58. The van der Waals surface area contributed by atoms with Crippen LogP contribution in [0.5, 0.6) is 0 Å². The van der Waals surface area contributed by atoms with Gasteiger partial charge in [-0.2, -0.15) is 0 Å². The summed E-state index contributed by atoms with van der Waals surface area (Å²) in [6.45, 7) is 4.23. The number of amides is 2. The first-order valence-electron chi connectivity index (χ1n) is 5.69. The summed E-state index contributed by atoms with van der Waals surface area (Å²) in [6, 6.07) is 7.01. The van der Waals surface area contributed by atoms with Crippen molar-refractivity contribution in [2.75, 3.05) is 19.7 Å². The molecule has 0 atom stereocenters. The van der Waals surface area contributed by atoms with Crippen molar-refractivity contribution < 1.29 is 14.3 Å². The third-order valence-corrected chi connectivity index (χ3v) is 2.65. The van der Waals surface area contributed by atoms with Crippen molar-refractivity contribution in [3.63, 3.8) is 0 Å². The lowest BCUT2D eigenvalue weighted by atomic mass is 10.2. The third kappa shape index (κ3) is 6.05. The zero-order chi connectivity index (χ0) is 14.1. The lowest BCUT2D eigenvalue weighted by molar-refractivity contribution is 0.0952. The van der Waals surface area contributed by atoms with Gasteiger partial charge in [-0.1, -0.05) is 28.6 Å². The van der Waals surface area contributed by atoms with Crippen LogP contribution in [0.25, 0.3) is 0 Å². The summed E-state index contributed by atoms with van der Waals surface area (Å²) in [5.74, 6) is -0.186. The van der Waals surface area contributed by atoms with E-state index in [9.17, 15) is 9.59 Å². The summed E-state index contributed by atoms with van der Waals surface area (Å²) < 4.78 is 5.62. The SMILES string of the molecule is C=CCOC(=O)NCCNC(=O)c1ccc(Br)cc1. The van der Waals surface area contributed by atoms with Gasteiger partial charge >= 0.3 is 6.09 Å². The highest BCUT2D eigenvalue weighted by Gasteiger charge is 2.04. The summed E-state index contributed by atoms with van der Waals surface area (Å²) >= 11 is 3.29. The van der Waals surface area contributed by atoms with Gasteiger partial charge in [-0.15, -0.1) is 0 Å². The number of hydrogen-bond donors (Lipinski definition) is 2. The van der Waals surface area contributed by atoms with E-state index in [0.29, 0.717) is 18.7 Å². The minimum absolute atomic E-state index is 0.164. The predicted octanol–water partition coefficient (Wildman–Crippen LogP) is 2.09. The maximum atomic E-state index is 11.7. The van der Waals surface area contributed by atoms with Gasteiger partial charge in [0.05, 0.1) is 0 Å². The zero-order valence-electron chi connectivity index (χ0n) is 10.3. The monoisotopic (exact) mass is 326 g/mol. The topological polar surface area (TPSA) is 67.4 Å². The Labute approximate surface area is 120 Å². The molecule has 0 saturated carbocycles. The first kappa shape index (κ1) is 15.2. The number of alkyl carbamates (subject to hydrolysis) is 1. The molecule has 1 aromatic rings. The van der Waals surface area contributed by atoms with Crippen LogP contribution in [0, 0.1) is 0 Å². The molecule has 0 aliphatic carbocycles. The van der Waals surface area contributed by atoms with Crippen molar-refractivity contribution in [3.8, 4) is 0 Å². The van der Waals surface area contributed by atoms with E-state index in [4.69, 9.17) is 4.74 Å². The van der Waals surface area contributed by atoms with E-state index in [1.165, 1.54) is 6.08 Å². The number of rotatable bonds is 6. The Morgan fingerprint density at radius 1 is 1.21 bits per heavy atom. The number of ether oxygens (including phenoxy) is 1. The largest absolute Gasteiger partial charge is 0.445 e. The molecule has 1 rings (SSSR count). The van der Waals surface area contributed by atoms with Crippen LogP contribution in [0.3, 0.4) is 0 Å². The molecule has 0 aliphatic rings. The molecule has 5 nitrogen and oxygen atoms in total. The molecule has 0 heterocycles. The van der Waals surface area contributed by atoms with Gasteiger partial charge < -0.3 is 15.4 Å². The summed E-state index contributed by atoms with van der Waals surface area (Å²) in [5.41, 5.74) is 0.567. The number of halogens is 1. The maximum Gasteiger partial charge on any atom is 0.407 e. The lowest BCUT2D eigenvalue weighted by Gasteiger charge is -2.07. The molecule has 2 N–H and O–H groups in total. The van der Waals surface area contributed by atoms with Gasteiger partial charge in [0.25, 0.3) is 5.91 Å². The van der Waals surface area contributed by atoms with Gasteiger partial charge in [-0.05, 0) is 24.3 Å². The molecular formula is C13H15BrN2O3. The normalized spacial score (nSPS) is 9.53. The summed E-state index contributed by atoms with van der Waals surface area (Å²) in [6.07, 6.45) is 0.951. The van der Waals surface area contributed by atoms with Crippen molar-refractivity contribution in [1.29, 1.82) is 0 Å². The number of hydrogen-bond acceptors (Lipinski definition) is 3. The van der Waals surface area contributed by atoms with Gasteiger partial charge in [-0.25, -0.2) is 4.79 Å². The third-order valence-electron chi connectivity index (χ3n) is 2.12. The highest BCUT2D eigenvalue weighted by atomic mass is 79.9. The predicted molar refractivity (Wildman–Crippen MR) is 76.0 cm³/mol. The number of carbonyl (C=O) groups is 2. The molecule has 0 aromatic heterocycles. The van der Waals surface area contributed by atoms with E-state index < -0.39 is 6.09 Å². The Hall–Kier alpha value is -1.82. The van der Waals surface area contributed by atoms with Crippen LogP contribution in [-0.4, -0.2) is 31.7 Å². The lowest BCUT2D eigenvalue weighted by Crippen LogP contribution is -2.35. The van der Waals surface area contributed by atoms with Crippen molar-refractivity contribution in [3.05, 3.63) is 47.0 Å². The van der Waals surface area contributed by atoms with Crippen molar-refractivity contribution in [2.45, 2.75) is 0 Å². The van der Waals surface area contributed by atoms with Crippen LogP contribution in [0.4, 0.5) is 4.79 Å². The highest BCUT2D eigenvalue weighted by Crippen LogP contribution is 2.10. The van der Waals surface area contributed by atoms with Crippen molar-refractivity contribution in [2.24, 2.45) is 0 Å². The fourth-order valence-electron chi connectivity index (χ4n) is 1.23. The average molecular weight is 327 g/mol. The second-order valence-corrected chi connectivity index (χ2v) is 4.49. The van der Waals surface area contributed by atoms with Crippen LogP contribution in [-0.2, 0) is 4.74 Å². The van der Waals surface area contributed by atoms with Gasteiger partial charge in [-0.3, -0.25) is 4.79 Å². The average Bonchev–Trinajstić information content (AvgIpc) is 2.41. The van der Waals surface area contributed by atoms with Crippen LogP contribution < -0.4 is 10.6 Å². The van der Waals surface area contributed by atoms with E-state index in [1.807, 2.05) is 0 Å². The Morgan fingerprint density at radius 3 is 2.47 bits per heavy atom. The molecule has 19 heavy (non-hydrogen) atoms. The van der Waals surface area contributed by atoms with E-state index >= 15 is 0 Å². The fraction of sp³-hybridized carbons (Fsp3) is 0.231.